The van der Waals surface area contributed by atoms with Gasteiger partial charge in [-0.25, -0.2) is 0 Å². The highest BCUT2D eigenvalue weighted by Gasteiger charge is 2.08. The minimum absolute atomic E-state index is 0.0959. The summed E-state index contributed by atoms with van der Waals surface area (Å²) < 4.78 is 0. The fraction of sp³-hybridized carbons (Fsp3) is 0.0714. The van der Waals surface area contributed by atoms with Gasteiger partial charge in [0.15, 0.2) is 11.5 Å². The first kappa shape index (κ1) is 16.7. The summed E-state index contributed by atoms with van der Waals surface area (Å²) in [6.07, 6.45) is -1.26. The standard InChI is InChI=1S/C14H9Cl2N5O2/c15-8-3-1-5-10(13(8)22)18-20-12(7-17)21-19-11-6-2-4-9(16)14(11)23/h1-6,12,22-23H. The van der Waals surface area contributed by atoms with Crippen molar-refractivity contribution in [3.8, 4) is 17.6 Å². The van der Waals surface area contributed by atoms with Gasteiger partial charge >= 0.3 is 0 Å². The second-order valence-corrected chi connectivity index (χ2v) is 4.96. The summed E-state index contributed by atoms with van der Waals surface area (Å²) in [6, 6.07) is 10.8. The monoisotopic (exact) mass is 349 g/mol. The summed E-state index contributed by atoms with van der Waals surface area (Å²) in [7, 11) is 0. The number of para-hydroxylation sites is 2. The van der Waals surface area contributed by atoms with Crippen LogP contribution in [-0.2, 0) is 0 Å². The first-order chi connectivity index (χ1) is 11.0. The van der Waals surface area contributed by atoms with Gasteiger partial charge in [0.05, 0.1) is 10.0 Å². The lowest BCUT2D eigenvalue weighted by atomic mass is 10.3. The molecule has 0 heterocycles. The number of hydrogen-bond donors (Lipinski definition) is 2. The summed E-state index contributed by atoms with van der Waals surface area (Å²) in [5.41, 5.74) is 0.192. The van der Waals surface area contributed by atoms with Crippen molar-refractivity contribution in [2.75, 3.05) is 0 Å². The van der Waals surface area contributed by atoms with E-state index in [9.17, 15) is 10.2 Å². The van der Waals surface area contributed by atoms with Crippen LogP contribution in [0.1, 0.15) is 0 Å². The van der Waals surface area contributed by atoms with Crippen molar-refractivity contribution in [3.63, 3.8) is 0 Å². The molecular weight excluding hydrogens is 341 g/mol. The molecule has 0 amide bonds. The van der Waals surface area contributed by atoms with Crippen molar-refractivity contribution in [1.82, 2.24) is 0 Å². The van der Waals surface area contributed by atoms with E-state index in [2.05, 4.69) is 20.5 Å². The van der Waals surface area contributed by atoms with E-state index in [1.807, 2.05) is 0 Å². The molecule has 2 rings (SSSR count). The van der Waals surface area contributed by atoms with Crippen LogP contribution in [0.25, 0.3) is 0 Å². The van der Waals surface area contributed by atoms with Crippen LogP contribution in [0.15, 0.2) is 56.9 Å². The van der Waals surface area contributed by atoms with Crippen molar-refractivity contribution in [3.05, 3.63) is 46.4 Å². The van der Waals surface area contributed by atoms with Gasteiger partial charge in [-0.05, 0) is 24.3 Å². The van der Waals surface area contributed by atoms with Crippen molar-refractivity contribution in [2.45, 2.75) is 6.17 Å². The number of halogens is 2. The van der Waals surface area contributed by atoms with E-state index < -0.39 is 6.17 Å². The van der Waals surface area contributed by atoms with E-state index in [0.29, 0.717) is 0 Å². The van der Waals surface area contributed by atoms with Gasteiger partial charge in [0.2, 0.25) is 0 Å². The Kier molecular flexibility index (Phi) is 5.46. The van der Waals surface area contributed by atoms with Gasteiger partial charge in [-0.3, -0.25) is 0 Å². The Morgan fingerprint density at radius 2 is 1.30 bits per heavy atom. The van der Waals surface area contributed by atoms with Crippen LogP contribution in [0.5, 0.6) is 11.5 Å². The fourth-order valence-corrected chi connectivity index (χ4v) is 1.82. The molecule has 0 unspecified atom stereocenters. The van der Waals surface area contributed by atoms with Gasteiger partial charge < -0.3 is 10.2 Å². The summed E-state index contributed by atoms with van der Waals surface area (Å²) >= 11 is 11.5. The average Bonchev–Trinajstić information content (AvgIpc) is 2.55. The van der Waals surface area contributed by atoms with Crippen LogP contribution in [-0.4, -0.2) is 16.4 Å². The summed E-state index contributed by atoms with van der Waals surface area (Å²) in [5, 5.41) is 43.3. The Bertz CT molecular complexity index is 756. The zero-order valence-corrected chi connectivity index (χ0v) is 12.9. The summed E-state index contributed by atoms with van der Waals surface area (Å²) in [6.45, 7) is 0. The molecule has 116 valence electrons. The van der Waals surface area contributed by atoms with Gasteiger partial charge in [0.1, 0.15) is 17.4 Å². The highest BCUT2D eigenvalue weighted by atomic mass is 35.5. The van der Waals surface area contributed by atoms with Gasteiger partial charge in [-0.2, -0.15) is 5.26 Å². The van der Waals surface area contributed by atoms with E-state index in [1.165, 1.54) is 24.3 Å². The molecule has 9 heteroatoms. The normalized spacial score (nSPS) is 12.6. The lowest BCUT2D eigenvalue weighted by Gasteiger charge is -2.01. The van der Waals surface area contributed by atoms with E-state index >= 15 is 0 Å². The first-order valence-electron chi connectivity index (χ1n) is 6.19. The third-order valence-corrected chi connectivity index (χ3v) is 3.21. The molecule has 2 N–H and O–H groups in total. The molecule has 2 aromatic rings. The molecule has 2 aromatic carbocycles. The Balaban J connectivity index is 2.19. The maximum absolute atomic E-state index is 9.69. The zero-order chi connectivity index (χ0) is 16.8. The number of aromatic hydroxyl groups is 2. The maximum Gasteiger partial charge on any atom is 0.266 e. The van der Waals surface area contributed by atoms with Crippen LogP contribution < -0.4 is 0 Å². The molecule has 0 saturated carbocycles. The van der Waals surface area contributed by atoms with E-state index in [-0.39, 0.29) is 32.9 Å². The minimum atomic E-state index is -1.26. The van der Waals surface area contributed by atoms with E-state index in [0.717, 1.165) is 0 Å². The molecule has 0 radical (unpaired) electrons. The molecule has 0 fully saturated rings. The fourth-order valence-electron chi connectivity index (χ4n) is 1.48. The molecule has 0 spiro atoms. The molecule has 0 saturated heterocycles. The number of phenols is 2. The van der Waals surface area contributed by atoms with Crippen LogP contribution >= 0.6 is 23.2 Å². The van der Waals surface area contributed by atoms with Crippen molar-refractivity contribution in [2.24, 2.45) is 20.5 Å². The highest BCUT2D eigenvalue weighted by molar-refractivity contribution is 6.32. The number of benzene rings is 2. The predicted molar refractivity (Wildman–Crippen MR) is 84.7 cm³/mol. The Morgan fingerprint density at radius 1 is 0.870 bits per heavy atom. The molecule has 0 aliphatic rings. The second kappa shape index (κ2) is 7.54. The molecule has 7 nitrogen and oxygen atoms in total. The lowest BCUT2D eigenvalue weighted by Crippen LogP contribution is -1.92. The van der Waals surface area contributed by atoms with Crippen molar-refractivity contribution in [1.29, 1.82) is 5.26 Å². The molecule has 0 bridgehead atoms. The average molecular weight is 350 g/mol. The van der Waals surface area contributed by atoms with Gasteiger partial charge in [0, 0.05) is 0 Å². The van der Waals surface area contributed by atoms with Crippen LogP contribution in [0.2, 0.25) is 10.0 Å². The summed E-state index contributed by atoms with van der Waals surface area (Å²) in [4.78, 5) is 0. The first-order valence-corrected chi connectivity index (χ1v) is 6.95. The van der Waals surface area contributed by atoms with Gasteiger partial charge in [-0.15, -0.1) is 20.5 Å². The number of nitriles is 1. The SMILES string of the molecule is N#CC(N=Nc1cccc(Cl)c1O)N=Nc1cccc(Cl)c1O. The van der Waals surface area contributed by atoms with Crippen LogP contribution in [0.4, 0.5) is 11.4 Å². The molecule has 0 atom stereocenters. The number of nitrogens with zero attached hydrogens (tertiary/aromatic N) is 5. The quantitative estimate of drug-likeness (QED) is 0.746. The van der Waals surface area contributed by atoms with Gasteiger partial charge in [-0.1, -0.05) is 35.3 Å². The zero-order valence-electron chi connectivity index (χ0n) is 11.4. The third-order valence-electron chi connectivity index (χ3n) is 2.60. The Morgan fingerprint density at radius 3 is 1.70 bits per heavy atom. The third kappa shape index (κ3) is 4.16. The highest BCUT2D eigenvalue weighted by Crippen LogP contribution is 2.35. The van der Waals surface area contributed by atoms with Gasteiger partial charge in [0.25, 0.3) is 6.17 Å². The topological polar surface area (TPSA) is 114 Å². The van der Waals surface area contributed by atoms with E-state index in [4.69, 9.17) is 28.5 Å². The molecular formula is C14H9Cl2N5O2. The Hall–Kier alpha value is -2.69. The number of hydrogen-bond acceptors (Lipinski definition) is 7. The van der Waals surface area contributed by atoms with E-state index in [1.54, 1.807) is 18.2 Å². The minimum Gasteiger partial charge on any atom is -0.504 e. The molecule has 0 aliphatic heterocycles. The number of phenolic OH excluding ortho intramolecular Hbond substituents is 2. The van der Waals surface area contributed by atoms with Crippen LogP contribution in [0.3, 0.4) is 0 Å². The largest absolute Gasteiger partial charge is 0.504 e. The molecule has 0 aliphatic carbocycles. The number of rotatable bonds is 4. The smallest absolute Gasteiger partial charge is 0.266 e. The van der Waals surface area contributed by atoms with Crippen molar-refractivity contribution < 1.29 is 10.2 Å². The maximum atomic E-state index is 9.69. The lowest BCUT2D eigenvalue weighted by molar-refractivity contribution is 0.476. The second-order valence-electron chi connectivity index (χ2n) is 4.15. The summed E-state index contributed by atoms with van der Waals surface area (Å²) in [5.74, 6) is -0.502. The molecule has 0 aromatic heterocycles. The van der Waals surface area contributed by atoms with Crippen LogP contribution in [0, 0.1) is 11.3 Å². The van der Waals surface area contributed by atoms with Crippen molar-refractivity contribution >= 4 is 34.6 Å². The predicted octanol–water partition coefficient (Wildman–Crippen LogP) is 5.12. The number of azo groups is 2. The Labute approximate surface area is 141 Å². The molecule has 23 heavy (non-hydrogen) atoms.